The van der Waals surface area contributed by atoms with E-state index in [2.05, 4.69) is 22.4 Å². The Morgan fingerprint density at radius 1 is 1.20 bits per heavy atom. The Kier molecular flexibility index (Phi) is 4.57. The highest BCUT2D eigenvalue weighted by molar-refractivity contribution is 6.14. The zero-order valence-corrected chi connectivity index (χ0v) is 17.1. The lowest BCUT2D eigenvalue weighted by molar-refractivity contribution is -0.136. The van der Waals surface area contributed by atoms with Crippen molar-refractivity contribution >= 4 is 28.7 Å². The Balaban J connectivity index is 1.51. The third-order valence-electron chi connectivity index (χ3n) is 6.61. The molecule has 1 saturated heterocycles. The van der Waals surface area contributed by atoms with Crippen LogP contribution in [0.25, 0.3) is 11.0 Å². The van der Waals surface area contributed by atoms with E-state index in [4.69, 9.17) is 4.98 Å². The molecule has 1 aliphatic heterocycles. The van der Waals surface area contributed by atoms with Crippen molar-refractivity contribution in [2.75, 3.05) is 11.4 Å². The maximum atomic E-state index is 13.7. The Bertz CT molecular complexity index is 1090. The minimum Gasteiger partial charge on any atom is -0.347 e. The summed E-state index contributed by atoms with van der Waals surface area (Å²) in [6, 6.07) is 16.0. The molecule has 6 nitrogen and oxygen atoms in total. The number of carbonyl (C=O) groups excluding carboxylic acids is 2. The summed E-state index contributed by atoms with van der Waals surface area (Å²) in [7, 11) is 0. The van der Waals surface area contributed by atoms with Gasteiger partial charge in [-0.1, -0.05) is 43.3 Å². The van der Waals surface area contributed by atoms with Crippen LogP contribution in [0.5, 0.6) is 0 Å². The van der Waals surface area contributed by atoms with Gasteiger partial charge in [0.1, 0.15) is 0 Å². The van der Waals surface area contributed by atoms with Gasteiger partial charge in [-0.15, -0.1) is 0 Å². The predicted octanol–water partition coefficient (Wildman–Crippen LogP) is 3.68. The van der Waals surface area contributed by atoms with E-state index < -0.39 is 5.54 Å². The molecule has 1 aromatic heterocycles. The number of amides is 1. The summed E-state index contributed by atoms with van der Waals surface area (Å²) in [6.07, 6.45) is 3.41. The molecule has 0 bridgehead atoms. The fourth-order valence-corrected chi connectivity index (χ4v) is 5.10. The zero-order chi connectivity index (χ0) is 20.7. The SMILES string of the molecule is CCC(=O)[C@@]1(C(=O)NC2CCc3ccccc32)CCCN1c1nc2ccccc2[nH]1. The van der Waals surface area contributed by atoms with E-state index in [-0.39, 0.29) is 17.7 Å². The second-order valence-electron chi connectivity index (χ2n) is 8.23. The Hall–Kier alpha value is -3.15. The number of carbonyl (C=O) groups is 2. The largest absolute Gasteiger partial charge is 0.347 e. The van der Waals surface area contributed by atoms with Crippen LogP contribution in [0.15, 0.2) is 48.5 Å². The van der Waals surface area contributed by atoms with E-state index in [9.17, 15) is 9.59 Å². The number of aryl methyl sites for hydroxylation is 1. The summed E-state index contributed by atoms with van der Waals surface area (Å²) >= 11 is 0. The summed E-state index contributed by atoms with van der Waals surface area (Å²) in [6.45, 7) is 2.46. The molecule has 1 amide bonds. The molecule has 2 aromatic carbocycles. The molecule has 2 N–H and O–H groups in total. The molecule has 3 aromatic rings. The minimum atomic E-state index is -1.21. The normalized spacial score (nSPS) is 23.0. The maximum Gasteiger partial charge on any atom is 0.254 e. The highest BCUT2D eigenvalue weighted by atomic mass is 16.2. The van der Waals surface area contributed by atoms with E-state index in [1.165, 1.54) is 11.1 Å². The molecule has 30 heavy (non-hydrogen) atoms. The number of benzene rings is 2. The highest BCUT2D eigenvalue weighted by Gasteiger charge is 2.54. The molecular weight excluding hydrogens is 376 g/mol. The number of anilines is 1. The van der Waals surface area contributed by atoms with Gasteiger partial charge in [0, 0.05) is 13.0 Å². The van der Waals surface area contributed by atoms with E-state index >= 15 is 0 Å². The molecule has 1 fully saturated rings. The second-order valence-corrected chi connectivity index (χ2v) is 8.23. The summed E-state index contributed by atoms with van der Waals surface area (Å²) in [5.74, 6) is 0.343. The molecule has 1 unspecified atom stereocenters. The van der Waals surface area contributed by atoms with Crippen LogP contribution in [-0.4, -0.2) is 33.7 Å². The average Bonchev–Trinajstić information content (AvgIpc) is 3.49. The lowest BCUT2D eigenvalue weighted by Crippen LogP contribution is -2.61. The number of hydrogen-bond donors (Lipinski definition) is 2. The molecule has 6 heteroatoms. The highest BCUT2D eigenvalue weighted by Crippen LogP contribution is 2.38. The van der Waals surface area contributed by atoms with Crippen molar-refractivity contribution in [3.05, 3.63) is 59.7 Å². The quantitative estimate of drug-likeness (QED) is 0.638. The number of imidazole rings is 1. The van der Waals surface area contributed by atoms with Crippen molar-refractivity contribution in [3.8, 4) is 0 Å². The monoisotopic (exact) mass is 402 g/mol. The number of fused-ring (bicyclic) bond motifs is 2. The molecule has 154 valence electrons. The molecular formula is C24H26N4O2. The van der Waals surface area contributed by atoms with Crippen molar-refractivity contribution in [2.24, 2.45) is 0 Å². The zero-order valence-electron chi connectivity index (χ0n) is 17.1. The van der Waals surface area contributed by atoms with Crippen molar-refractivity contribution in [1.29, 1.82) is 0 Å². The van der Waals surface area contributed by atoms with Gasteiger partial charge in [0.25, 0.3) is 5.91 Å². The van der Waals surface area contributed by atoms with Gasteiger partial charge in [0.2, 0.25) is 5.95 Å². The maximum absolute atomic E-state index is 13.7. The second kappa shape index (κ2) is 7.27. The number of nitrogens with zero attached hydrogens (tertiary/aromatic N) is 2. The first-order valence-electron chi connectivity index (χ1n) is 10.8. The van der Waals surface area contributed by atoms with Gasteiger partial charge in [-0.2, -0.15) is 0 Å². The Morgan fingerprint density at radius 2 is 2.00 bits per heavy atom. The number of hydrogen-bond acceptors (Lipinski definition) is 4. The lowest BCUT2D eigenvalue weighted by atomic mass is 9.87. The first kappa shape index (κ1) is 18.9. The van der Waals surface area contributed by atoms with Crippen LogP contribution in [-0.2, 0) is 16.0 Å². The molecule has 2 atom stereocenters. The number of aromatic nitrogens is 2. The van der Waals surface area contributed by atoms with Gasteiger partial charge in [0.15, 0.2) is 11.3 Å². The van der Waals surface area contributed by atoms with Gasteiger partial charge < -0.3 is 15.2 Å². The molecule has 2 heterocycles. The number of Topliss-reactive ketones (excluding diaryl/α,β-unsaturated/α-hetero) is 1. The molecule has 0 saturated carbocycles. The van der Waals surface area contributed by atoms with Crippen molar-refractivity contribution in [3.63, 3.8) is 0 Å². The van der Waals surface area contributed by atoms with Gasteiger partial charge in [-0.3, -0.25) is 9.59 Å². The number of aromatic amines is 1. The topological polar surface area (TPSA) is 78.1 Å². The van der Waals surface area contributed by atoms with Crippen molar-refractivity contribution < 1.29 is 9.59 Å². The first-order chi connectivity index (χ1) is 14.6. The van der Waals surface area contributed by atoms with Gasteiger partial charge in [-0.25, -0.2) is 4.98 Å². The van der Waals surface area contributed by atoms with Crippen LogP contribution in [0, 0.1) is 0 Å². The number of nitrogens with one attached hydrogen (secondary N) is 2. The van der Waals surface area contributed by atoms with E-state index in [1.54, 1.807) is 0 Å². The number of rotatable bonds is 5. The van der Waals surface area contributed by atoms with E-state index in [1.807, 2.05) is 48.2 Å². The number of ketones is 1. The van der Waals surface area contributed by atoms with Crippen LogP contribution in [0.3, 0.4) is 0 Å². The fraction of sp³-hybridized carbons (Fsp3) is 0.375. The third-order valence-corrected chi connectivity index (χ3v) is 6.61. The van der Waals surface area contributed by atoms with Gasteiger partial charge >= 0.3 is 0 Å². The number of H-pyrrole nitrogens is 1. The molecule has 0 radical (unpaired) electrons. The Labute approximate surface area is 175 Å². The predicted molar refractivity (Wildman–Crippen MR) is 116 cm³/mol. The molecule has 5 rings (SSSR count). The van der Waals surface area contributed by atoms with E-state index in [0.29, 0.717) is 25.3 Å². The third kappa shape index (κ3) is 2.82. The molecule has 1 aliphatic carbocycles. The molecule has 0 spiro atoms. The van der Waals surface area contributed by atoms with Crippen LogP contribution in [0.2, 0.25) is 0 Å². The van der Waals surface area contributed by atoms with Crippen LogP contribution >= 0.6 is 0 Å². The lowest BCUT2D eigenvalue weighted by Gasteiger charge is -2.36. The average molecular weight is 402 g/mol. The summed E-state index contributed by atoms with van der Waals surface area (Å²) in [5.41, 5.74) is 2.97. The first-order valence-corrected chi connectivity index (χ1v) is 10.8. The van der Waals surface area contributed by atoms with Gasteiger partial charge in [0.05, 0.1) is 17.1 Å². The van der Waals surface area contributed by atoms with Crippen molar-refractivity contribution in [1.82, 2.24) is 15.3 Å². The summed E-state index contributed by atoms with van der Waals surface area (Å²) in [4.78, 5) is 36.9. The van der Waals surface area contributed by atoms with Crippen LogP contribution < -0.4 is 10.2 Å². The summed E-state index contributed by atoms with van der Waals surface area (Å²) in [5, 5.41) is 3.22. The van der Waals surface area contributed by atoms with Crippen LogP contribution in [0.1, 0.15) is 49.8 Å². The van der Waals surface area contributed by atoms with E-state index in [0.717, 1.165) is 30.3 Å². The van der Waals surface area contributed by atoms with Crippen LogP contribution in [0.4, 0.5) is 5.95 Å². The van der Waals surface area contributed by atoms with Gasteiger partial charge in [-0.05, 0) is 48.9 Å². The van der Waals surface area contributed by atoms with Crippen molar-refractivity contribution in [2.45, 2.75) is 50.6 Å². The standard InChI is InChI=1S/C24H26N4O2/c1-2-21(29)24(22(30)25-18-13-12-16-8-3-4-9-17(16)18)14-7-15-28(24)23-26-19-10-5-6-11-20(19)27-23/h3-6,8-11,18H,2,7,12-15H2,1H3,(H,25,30)(H,26,27)/t18?,24-/m1/s1. The Morgan fingerprint density at radius 3 is 2.83 bits per heavy atom. The summed E-state index contributed by atoms with van der Waals surface area (Å²) < 4.78 is 0. The minimum absolute atomic E-state index is 0.0478. The fourth-order valence-electron chi connectivity index (χ4n) is 5.10. The number of para-hydroxylation sites is 2. The molecule has 2 aliphatic rings. The smallest absolute Gasteiger partial charge is 0.254 e.